The molecule has 1 aliphatic carbocycles. The van der Waals surface area contributed by atoms with Gasteiger partial charge in [0, 0.05) is 6.04 Å². The van der Waals surface area contributed by atoms with Crippen molar-refractivity contribution in [1.82, 2.24) is 5.32 Å². The highest BCUT2D eigenvalue weighted by Gasteiger charge is 2.43. The molecule has 4 nitrogen and oxygen atoms in total. The van der Waals surface area contributed by atoms with Crippen molar-refractivity contribution >= 4 is 11.9 Å². The number of aliphatic carboxylic acids is 1. The lowest BCUT2D eigenvalue weighted by molar-refractivity contribution is -0.175. The minimum Gasteiger partial charge on any atom is -0.481 e. The van der Waals surface area contributed by atoms with Crippen LogP contribution in [0.5, 0.6) is 0 Å². The van der Waals surface area contributed by atoms with Gasteiger partial charge < -0.3 is 10.4 Å². The van der Waals surface area contributed by atoms with Crippen LogP contribution in [0, 0.1) is 5.92 Å². The SMILES string of the molecule is O=C(O)C[C@H]1CC[C@H]1NC(=O)C(F)(F)F. The molecule has 7 heteroatoms. The predicted octanol–water partition coefficient (Wildman–Crippen LogP) is 0.918. The van der Waals surface area contributed by atoms with Gasteiger partial charge in [-0.1, -0.05) is 0 Å². The lowest BCUT2D eigenvalue weighted by Crippen LogP contribution is -2.51. The molecule has 86 valence electrons. The van der Waals surface area contributed by atoms with Gasteiger partial charge in [-0.3, -0.25) is 9.59 Å². The Bertz CT molecular complexity index is 277. The topological polar surface area (TPSA) is 66.4 Å². The van der Waals surface area contributed by atoms with Crippen LogP contribution in [0.25, 0.3) is 0 Å². The van der Waals surface area contributed by atoms with Crippen molar-refractivity contribution in [2.75, 3.05) is 0 Å². The highest BCUT2D eigenvalue weighted by atomic mass is 19.4. The van der Waals surface area contributed by atoms with E-state index in [2.05, 4.69) is 0 Å². The summed E-state index contributed by atoms with van der Waals surface area (Å²) in [6.07, 6.45) is -4.17. The number of carbonyl (C=O) groups is 2. The van der Waals surface area contributed by atoms with Gasteiger partial charge in [0.05, 0.1) is 6.42 Å². The van der Waals surface area contributed by atoms with E-state index in [1.807, 2.05) is 0 Å². The first-order valence-electron chi connectivity index (χ1n) is 4.40. The van der Waals surface area contributed by atoms with Gasteiger partial charge in [0.2, 0.25) is 0 Å². The van der Waals surface area contributed by atoms with E-state index >= 15 is 0 Å². The first kappa shape index (κ1) is 11.8. The van der Waals surface area contributed by atoms with Crippen LogP contribution in [0.2, 0.25) is 0 Å². The lowest BCUT2D eigenvalue weighted by Gasteiger charge is -2.36. The van der Waals surface area contributed by atoms with Crippen LogP contribution in [-0.2, 0) is 9.59 Å². The number of hydrogen-bond acceptors (Lipinski definition) is 2. The second-order valence-electron chi connectivity index (χ2n) is 3.51. The zero-order valence-electron chi connectivity index (χ0n) is 7.67. The number of hydrogen-bond donors (Lipinski definition) is 2. The van der Waals surface area contributed by atoms with Gasteiger partial charge in [0.15, 0.2) is 0 Å². The fourth-order valence-corrected chi connectivity index (χ4v) is 1.48. The molecule has 0 saturated heterocycles. The third kappa shape index (κ3) is 3.10. The van der Waals surface area contributed by atoms with Gasteiger partial charge in [0.25, 0.3) is 0 Å². The largest absolute Gasteiger partial charge is 0.481 e. The zero-order valence-corrected chi connectivity index (χ0v) is 7.67. The Labute approximate surface area is 83.5 Å². The van der Waals surface area contributed by atoms with E-state index in [0.717, 1.165) is 0 Å². The molecule has 15 heavy (non-hydrogen) atoms. The molecular formula is C8H10F3NO3. The molecule has 0 spiro atoms. The molecule has 0 aliphatic heterocycles. The standard InChI is InChI=1S/C8H10F3NO3/c9-8(10,11)7(15)12-5-2-1-4(5)3-6(13)14/h4-5H,1-3H2,(H,12,15)(H,13,14)/t4-,5-/m1/s1. The fraction of sp³-hybridized carbons (Fsp3) is 0.750. The number of amides is 1. The first-order valence-corrected chi connectivity index (χ1v) is 4.40. The van der Waals surface area contributed by atoms with Crippen LogP contribution in [0.4, 0.5) is 13.2 Å². The van der Waals surface area contributed by atoms with Crippen LogP contribution < -0.4 is 5.32 Å². The highest BCUT2D eigenvalue weighted by molar-refractivity contribution is 5.82. The fourth-order valence-electron chi connectivity index (χ4n) is 1.48. The van der Waals surface area contributed by atoms with Crippen molar-refractivity contribution in [2.24, 2.45) is 5.92 Å². The number of alkyl halides is 3. The van der Waals surface area contributed by atoms with Crippen molar-refractivity contribution in [3.63, 3.8) is 0 Å². The number of carboxylic acid groups (broad SMARTS) is 1. The Kier molecular flexibility index (Phi) is 3.21. The van der Waals surface area contributed by atoms with Crippen molar-refractivity contribution in [3.8, 4) is 0 Å². The van der Waals surface area contributed by atoms with Gasteiger partial charge in [-0.15, -0.1) is 0 Å². The van der Waals surface area contributed by atoms with Crippen LogP contribution in [0.15, 0.2) is 0 Å². The number of carbonyl (C=O) groups excluding carboxylic acids is 1. The molecule has 0 aromatic rings. The van der Waals surface area contributed by atoms with Gasteiger partial charge in [-0.05, 0) is 18.8 Å². The summed E-state index contributed by atoms with van der Waals surface area (Å²) < 4.78 is 35.5. The number of carboxylic acids is 1. The minimum atomic E-state index is -4.90. The molecule has 0 unspecified atom stereocenters. The van der Waals surface area contributed by atoms with Crippen molar-refractivity contribution in [3.05, 3.63) is 0 Å². The Morgan fingerprint density at radius 3 is 2.27 bits per heavy atom. The summed E-state index contributed by atoms with van der Waals surface area (Å²) in [6, 6.07) is -0.657. The summed E-state index contributed by atoms with van der Waals surface area (Å²) in [4.78, 5) is 20.8. The van der Waals surface area contributed by atoms with Crippen LogP contribution in [-0.4, -0.2) is 29.2 Å². The monoisotopic (exact) mass is 225 g/mol. The smallest absolute Gasteiger partial charge is 0.471 e. The molecule has 0 heterocycles. The molecule has 1 fully saturated rings. The van der Waals surface area contributed by atoms with E-state index in [1.165, 1.54) is 0 Å². The van der Waals surface area contributed by atoms with E-state index in [0.29, 0.717) is 12.8 Å². The Morgan fingerprint density at radius 1 is 1.33 bits per heavy atom. The van der Waals surface area contributed by atoms with Crippen molar-refractivity contribution < 1.29 is 27.9 Å². The molecule has 0 bridgehead atoms. The normalized spacial score (nSPS) is 25.5. The maximum Gasteiger partial charge on any atom is 0.471 e. The third-order valence-corrected chi connectivity index (χ3v) is 2.43. The van der Waals surface area contributed by atoms with E-state index in [9.17, 15) is 22.8 Å². The molecule has 2 N–H and O–H groups in total. The Hall–Kier alpha value is -1.27. The molecule has 0 aromatic heterocycles. The predicted molar refractivity (Wildman–Crippen MR) is 43.0 cm³/mol. The highest BCUT2D eigenvalue weighted by Crippen LogP contribution is 2.31. The van der Waals surface area contributed by atoms with E-state index in [-0.39, 0.29) is 12.3 Å². The maximum absolute atomic E-state index is 11.8. The average Bonchev–Trinajstić information content (AvgIpc) is 2.06. The molecule has 1 amide bonds. The second-order valence-corrected chi connectivity index (χ2v) is 3.51. The molecule has 1 aliphatic rings. The molecule has 0 radical (unpaired) electrons. The molecule has 2 atom stereocenters. The third-order valence-electron chi connectivity index (χ3n) is 2.43. The van der Waals surface area contributed by atoms with Crippen LogP contribution in [0.3, 0.4) is 0 Å². The van der Waals surface area contributed by atoms with Gasteiger partial charge in [-0.25, -0.2) is 0 Å². The average molecular weight is 225 g/mol. The van der Waals surface area contributed by atoms with Crippen LogP contribution in [0.1, 0.15) is 19.3 Å². The molecular weight excluding hydrogens is 215 g/mol. The quantitative estimate of drug-likeness (QED) is 0.750. The number of halogens is 3. The summed E-state index contributed by atoms with van der Waals surface area (Å²) in [5.41, 5.74) is 0. The van der Waals surface area contributed by atoms with Gasteiger partial charge in [-0.2, -0.15) is 13.2 Å². The summed E-state index contributed by atoms with van der Waals surface area (Å²) >= 11 is 0. The zero-order chi connectivity index (χ0) is 11.6. The van der Waals surface area contributed by atoms with Gasteiger partial charge >= 0.3 is 18.1 Å². The first-order chi connectivity index (χ1) is 6.80. The van der Waals surface area contributed by atoms with E-state index in [4.69, 9.17) is 5.11 Å². The molecule has 1 rings (SSSR count). The Morgan fingerprint density at radius 2 is 1.93 bits per heavy atom. The minimum absolute atomic E-state index is 0.206. The number of rotatable bonds is 3. The summed E-state index contributed by atoms with van der Waals surface area (Å²) in [5.74, 6) is -3.44. The summed E-state index contributed by atoms with van der Waals surface area (Å²) in [5, 5.41) is 10.2. The summed E-state index contributed by atoms with van der Waals surface area (Å²) in [7, 11) is 0. The lowest BCUT2D eigenvalue weighted by atomic mass is 9.77. The Balaban J connectivity index is 2.40. The van der Waals surface area contributed by atoms with Gasteiger partial charge in [0.1, 0.15) is 0 Å². The molecule has 0 aromatic carbocycles. The maximum atomic E-state index is 11.8. The second kappa shape index (κ2) is 4.08. The van der Waals surface area contributed by atoms with Crippen LogP contribution >= 0.6 is 0 Å². The molecule has 1 saturated carbocycles. The van der Waals surface area contributed by atoms with Crippen molar-refractivity contribution in [1.29, 1.82) is 0 Å². The van der Waals surface area contributed by atoms with Crippen molar-refractivity contribution in [2.45, 2.75) is 31.5 Å². The summed E-state index contributed by atoms with van der Waals surface area (Å²) in [6.45, 7) is 0. The number of nitrogens with one attached hydrogen (secondary N) is 1. The van der Waals surface area contributed by atoms with E-state index in [1.54, 1.807) is 5.32 Å². The van der Waals surface area contributed by atoms with E-state index < -0.39 is 24.1 Å².